The Labute approximate surface area is 115 Å². The van der Waals surface area contributed by atoms with Crippen LogP contribution in [0.1, 0.15) is 6.42 Å². The summed E-state index contributed by atoms with van der Waals surface area (Å²) in [6.45, 7) is 3.24. The molecule has 2 heterocycles. The van der Waals surface area contributed by atoms with Gasteiger partial charge in [-0.2, -0.15) is 0 Å². The molecule has 0 amide bonds. The largest absolute Gasteiger partial charge is 0.369 e. The summed E-state index contributed by atoms with van der Waals surface area (Å²) in [6, 6.07) is 8.27. The van der Waals surface area contributed by atoms with Gasteiger partial charge >= 0.3 is 0 Å². The molecule has 3 rings (SSSR count). The molecule has 3 nitrogen and oxygen atoms in total. The lowest BCUT2D eigenvalue weighted by Crippen LogP contribution is -2.17. The van der Waals surface area contributed by atoms with Crippen molar-refractivity contribution in [1.82, 2.24) is 10.3 Å². The molecule has 1 saturated heterocycles. The monoisotopic (exact) mass is 305 g/mol. The van der Waals surface area contributed by atoms with Crippen molar-refractivity contribution in [2.24, 2.45) is 5.92 Å². The molecule has 18 heavy (non-hydrogen) atoms. The van der Waals surface area contributed by atoms with E-state index >= 15 is 0 Å². The smallest absolute Gasteiger partial charge is 0.133 e. The van der Waals surface area contributed by atoms with Crippen molar-refractivity contribution in [3.63, 3.8) is 0 Å². The van der Waals surface area contributed by atoms with Crippen LogP contribution in [0.15, 0.2) is 34.9 Å². The maximum atomic E-state index is 4.46. The number of aromatic nitrogens is 1. The van der Waals surface area contributed by atoms with E-state index in [0.29, 0.717) is 5.92 Å². The predicted octanol–water partition coefficient (Wildman–Crippen LogP) is 3.02. The van der Waals surface area contributed by atoms with Crippen LogP contribution in [-0.4, -0.2) is 24.6 Å². The minimum absolute atomic E-state index is 0.717. The number of rotatable bonds is 3. The second-order valence-electron chi connectivity index (χ2n) is 4.73. The molecule has 2 N–H and O–H groups in total. The number of fused-ring (bicyclic) bond motifs is 1. The third-order valence-corrected chi connectivity index (χ3v) is 4.16. The van der Waals surface area contributed by atoms with E-state index < -0.39 is 0 Å². The van der Waals surface area contributed by atoms with Gasteiger partial charge in [0.25, 0.3) is 0 Å². The van der Waals surface area contributed by atoms with Crippen LogP contribution in [0.25, 0.3) is 10.8 Å². The van der Waals surface area contributed by atoms with Crippen LogP contribution < -0.4 is 10.6 Å². The Balaban J connectivity index is 1.85. The minimum atomic E-state index is 0.717. The van der Waals surface area contributed by atoms with Gasteiger partial charge < -0.3 is 10.6 Å². The number of anilines is 1. The maximum Gasteiger partial charge on any atom is 0.133 e. The second-order valence-corrected chi connectivity index (χ2v) is 5.59. The van der Waals surface area contributed by atoms with Gasteiger partial charge in [0.05, 0.1) is 0 Å². The molecule has 2 aromatic rings. The SMILES string of the molecule is Brc1cccc2c(NCC3CCNC3)nccc12. The zero-order valence-corrected chi connectivity index (χ0v) is 11.7. The van der Waals surface area contributed by atoms with Gasteiger partial charge in [0.2, 0.25) is 0 Å². The average Bonchev–Trinajstić information content (AvgIpc) is 2.90. The van der Waals surface area contributed by atoms with Gasteiger partial charge in [-0.15, -0.1) is 0 Å². The van der Waals surface area contributed by atoms with Crippen LogP contribution in [0.5, 0.6) is 0 Å². The number of halogens is 1. The zero-order valence-electron chi connectivity index (χ0n) is 10.1. The van der Waals surface area contributed by atoms with Crippen molar-refractivity contribution in [2.75, 3.05) is 25.0 Å². The summed E-state index contributed by atoms with van der Waals surface area (Å²) in [5.41, 5.74) is 0. The van der Waals surface area contributed by atoms with E-state index in [2.05, 4.69) is 49.7 Å². The summed E-state index contributed by atoms with van der Waals surface area (Å²) in [5, 5.41) is 9.26. The Morgan fingerprint density at radius 1 is 1.33 bits per heavy atom. The number of hydrogen-bond acceptors (Lipinski definition) is 3. The first-order chi connectivity index (χ1) is 8.84. The third-order valence-electron chi connectivity index (χ3n) is 3.47. The summed E-state index contributed by atoms with van der Waals surface area (Å²) in [4.78, 5) is 4.46. The van der Waals surface area contributed by atoms with Crippen molar-refractivity contribution in [3.8, 4) is 0 Å². The molecule has 1 unspecified atom stereocenters. The molecular weight excluding hydrogens is 290 g/mol. The van der Waals surface area contributed by atoms with Gasteiger partial charge in [-0.3, -0.25) is 0 Å². The maximum absolute atomic E-state index is 4.46. The van der Waals surface area contributed by atoms with Crippen molar-refractivity contribution in [3.05, 3.63) is 34.9 Å². The van der Waals surface area contributed by atoms with Gasteiger partial charge in [0, 0.05) is 28.0 Å². The van der Waals surface area contributed by atoms with Gasteiger partial charge in [-0.05, 0) is 37.6 Å². The fourth-order valence-electron chi connectivity index (χ4n) is 2.44. The summed E-state index contributed by atoms with van der Waals surface area (Å²) >= 11 is 3.58. The van der Waals surface area contributed by atoms with E-state index in [1.54, 1.807) is 0 Å². The number of nitrogens with zero attached hydrogens (tertiary/aromatic N) is 1. The van der Waals surface area contributed by atoms with Crippen LogP contribution in [-0.2, 0) is 0 Å². The zero-order chi connectivity index (χ0) is 12.4. The molecule has 1 aliphatic rings. The topological polar surface area (TPSA) is 37.0 Å². The Bertz CT molecular complexity index is 550. The Morgan fingerprint density at radius 2 is 2.28 bits per heavy atom. The predicted molar refractivity (Wildman–Crippen MR) is 78.9 cm³/mol. The highest BCUT2D eigenvalue weighted by molar-refractivity contribution is 9.10. The number of hydrogen-bond donors (Lipinski definition) is 2. The molecule has 0 saturated carbocycles. The van der Waals surface area contributed by atoms with Gasteiger partial charge in [-0.1, -0.05) is 28.1 Å². The van der Waals surface area contributed by atoms with Gasteiger partial charge in [0.15, 0.2) is 0 Å². The van der Waals surface area contributed by atoms with E-state index in [1.165, 1.54) is 17.2 Å². The fraction of sp³-hybridized carbons (Fsp3) is 0.357. The first kappa shape index (κ1) is 11.9. The Kier molecular flexibility index (Phi) is 3.48. The van der Waals surface area contributed by atoms with E-state index in [0.717, 1.165) is 29.9 Å². The van der Waals surface area contributed by atoms with Crippen LogP contribution in [0.4, 0.5) is 5.82 Å². The molecule has 0 spiro atoms. The van der Waals surface area contributed by atoms with Crippen LogP contribution >= 0.6 is 15.9 Å². The molecular formula is C14H16BrN3. The lowest BCUT2D eigenvalue weighted by molar-refractivity contribution is 0.614. The van der Waals surface area contributed by atoms with Crippen LogP contribution in [0, 0.1) is 5.92 Å². The lowest BCUT2D eigenvalue weighted by atomic mass is 10.1. The van der Waals surface area contributed by atoms with Crippen LogP contribution in [0.3, 0.4) is 0 Å². The Morgan fingerprint density at radius 3 is 3.11 bits per heavy atom. The average molecular weight is 306 g/mol. The van der Waals surface area contributed by atoms with Crippen molar-refractivity contribution < 1.29 is 0 Å². The molecule has 4 heteroatoms. The molecule has 0 radical (unpaired) electrons. The van der Waals surface area contributed by atoms with Crippen molar-refractivity contribution in [2.45, 2.75) is 6.42 Å². The highest BCUT2D eigenvalue weighted by Gasteiger charge is 2.14. The van der Waals surface area contributed by atoms with E-state index in [1.807, 2.05) is 12.3 Å². The first-order valence-electron chi connectivity index (χ1n) is 6.32. The van der Waals surface area contributed by atoms with E-state index in [4.69, 9.17) is 0 Å². The van der Waals surface area contributed by atoms with E-state index in [9.17, 15) is 0 Å². The summed E-state index contributed by atoms with van der Waals surface area (Å²) in [7, 11) is 0. The molecule has 0 aliphatic carbocycles. The standard InChI is InChI=1S/C14H16BrN3/c15-13-3-1-2-12-11(13)5-7-17-14(12)18-9-10-4-6-16-8-10/h1-3,5,7,10,16H,4,6,8-9H2,(H,17,18). The minimum Gasteiger partial charge on any atom is -0.369 e. The van der Waals surface area contributed by atoms with E-state index in [-0.39, 0.29) is 0 Å². The fourth-order valence-corrected chi connectivity index (χ4v) is 2.94. The van der Waals surface area contributed by atoms with Crippen molar-refractivity contribution >= 4 is 32.5 Å². The second kappa shape index (κ2) is 5.24. The summed E-state index contributed by atoms with van der Waals surface area (Å²) in [6.07, 6.45) is 3.11. The molecule has 1 atom stereocenters. The Hall–Kier alpha value is -1.13. The summed E-state index contributed by atoms with van der Waals surface area (Å²) < 4.78 is 1.12. The first-order valence-corrected chi connectivity index (χ1v) is 7.12. The van der Waals surface area contributed by atoms with Gasteiger partial charge in [-0.25, -0.2) is 4.98 Å². The number of nitrogens with one attached hydrogen (secondary N) is 2. The molecule has 94 valence electrons. The molecule has 1 aliphatic heterocycles. The molecule has 0 bridgehead atoms. The highest BCUT2D eigenvalue weighted by atomic mass is 79.9. The molecule has 1 aromatic carbocycles. The quantitative estimate of drug-likeness (QED) is 0.915. The molecule has 1 fully saturated rings. The van der Waals surface area contributed by atoms with Gasteiger partial charge in [0.1, 0.15) is 5.82 Å². The normalized spacial score (nSPS) is 19.3. The number of pyridine rings is 1. The summed E-state index contributed by atoms with van der Waals surface area (Å²) in [5.74, 6) is 1.70. The van der Waals surface area contributed by atoms with Crippen molar-refractivity contribution in [1.29, 1.82) is 0 Å². The highest BCUT2D eigenvalue weighted by Crippen LogP contribution is 2.27. The molecule has 1 aromatic heterocycles. The van der Waals surface area contributed by atoms with Crippen LogP contribution in [0.2, 0.25) is 0 Å². The number of benzene rings is 1. The third kappa shape index (κ3) is 2.35. The lowest BCUT2D eigenvalue weighted by Gasteiger charge is -2.12.